The third-order valence-corrected chi connectivity index (χ3v) is 4.10. The van der Waals surface area contributed by atoms with Crippen LogP contribution in [0.15, 0.2) is 24.3 Å². The number of nitro groups is 1. The molecule has 0 saturated heterocycles. The maximum Gasteiger partial charge on any atom is 0.299 e. The van der Waals surface area contributed by atoms with Gasteiger partial charge in [-0.2, -0.15) is 0 Å². The fourth-order valence-corrected chi connectivity index (χ4v) is 2.89. The molecule has 104 valence electrons. The largest absolute Gasteiger partial charge is 0.321 e. The minimum atomic E-state index is -0.622. The lowest BCUT2D eigenvalue weighted by Crippen LogP contribution is -2.11. The number of carbonyl (C=O) groups is 1. The summed E-state index contributed by atoms with van der Waals surface area (Å²) >= 11 is 12.4. The quantitative estimate of drug-likeness (QED) is 0.664. The Kier molecular flexibility index (Phi) is 4.27. The van der Waals surface area contributed by atoms with Crippen molar-refractivity contribution in [2.24, 2.45) is 0 Å². The minimum Gasteiger partial charge on any atom is -0.321 e. The third kappa shape index (κ3) is 3.09. The van der Waals surface area contributed by atoms with Crippen LogP contribution in [-0.2, 0) is 0 Å². The summed E-state index contributed by atoms with van der Waals surface area (Å²) in [7, 11) is 0. The minimum absolute atomic E-state index is 0.0204. The molecule has 0 aliphatic carbocycles. The van der Waals surface area contributed by atoms with E-state index in [0.29, 0.717) is 10.7 Å². The molecule has 0 radical (unpaired) electrons. The van der Waals surface area contributed by atoms with Crippen LogP contribution in [0, 0.1) is 17.0 Å². The number of hydrogen-bond acceptors (Lipinski definition) is 4. The maximum atomic E-state index is 12.0. The average molecular weight is 331 g/mol. The fraction of sp³-hybridized carbons (Fsp3) is 0.0833. The highest BCUT2D eigenvalue weighted by Crippen LogP contribution is 2.34. The molecule has 0 aliphatic rings. The fourth-order valence-electron chi connectivity index (χ4n) is 1.55. The molecule has 1 aromatic carbocycles. The Hall–Kier alpha value is -1.63. The van der Waals surface area contributed by atoms with Crippen LogP contribution >= 0.6 is 34.5 Å². The van der Waals surface area contributed by atoms with Crippen molar-refractivity contribution in [1.82, 2.24) is 0 Å². The van der Waals surface area contributed by atoms with E-state index < -0.39 is 10.8 Å². The molecule has 1 N–H and O–H groups in total. The van der Waals surface area contributed by atoms with Gasteiger partial charge in [-0.05, 0) is 30.7 Å². The van der Waals surface area contributed by atoms with Crippen molar-refractivity contribution < 1.29 is 9.72 Å². The summed E-state index contributed by atoms with van der Waals surface area (Å²) in [4.78, 5) is 22.3. The van der Waals surface area contributed by atoms with Gasteiger partial charge in [0.05, 0.1) is 4.92 Å². The molecule has 5 nitrogen and oxygen atoms in total. The number of halogens is 2. The van der Waals surface area contributed by atoms with Gasteiger partial charge in [-0.15, -0.1) is 11.3 Å². The van der Waals surface area contributed by atoms with Crippen LogP contribution in [0.4, 0.5) is 11.4 Å². The highest BCUT2D eigenvalue weighted by atomic mass is 35.5. The first-order valence-electron chi connectivity index (χ1n) is 5.39. The predicted molar refractivity (Wildman–Crippen MR) is 80.1 cm³/mol. The van der Waals surface area contributed by atoms with Crippen LogP contribution in [0.1, 0.15) is 15.2 Å². The lowest BCUT2D eigenvalue weighted by Gasteiger charge is -2.07. The second-order valence-corrected chi connectivity index (χ2v) is 6.03. The van der Waals surface area contributed by atoms with Crippen LogP contribution in [0.3, 0.4) is 0 Å². The third-order valence-electron chi connectivity index (χ3n) is 2.53. The number of aryl methyl sites for hydroxylation is 1. The molecule has 8 heteroatoms. The van der Waals surface area contributed by atoms with Crippen LogP contribution in [-0.4, -0.2) is 10.8 Å². The van der Waals surface area contributed by atoms with Gasteiger partial charge in [0.1, 0.15) is 4.88 Å². The molecule has 1 aromatic heterocycles. The number of nitrogens with one attached hydrogen (secondary N) is 1. The molecule has 0 spiro atoms. The standard InChI is InChI=1S/C12H8Cl2N2O3S/c1-6-4-7(13)2-3-8(6)15-12(17)10-5-9(16(18)19)11(14)20-10/h2-5H,1H3,(H,15,17). The number of rotatable bonds is 3. The molecule has 0 fully saturated rings. The summed E-state index contributed by atoms with van der Waals surface area (Å²) in [5.41, 5.74) is 1.12. The summed E-state index contributed by atoms with van der Waals surface area (Å²) in [6.07, 6.45) is 0. The summed E-state index contributed by atoms with van der Waals surface area (Å²) in [5, 5.41) is 13.9. The van der Waals surface area contributed by atoms with Crippen molar-refractivity contribution in [3.05, 3.63) is 54.2 Å². The van der Waals surface area contributed by atoms with E-state index in [0.717, 1.165) is 23.0 Å². The molecule has 20 heavy (non-hydrogen) atoms. The monoisotopic (exact) mass is 330 g/mol. The van der Waals surface area contributed by atoms with Crippen LogP contribution in [0.25, 0.3) is 0 Å². The Morgan fingerprint density at radius 1 is 1.35 bits per heavy atom. The van der Waals surface area contributed by atoms with Crippen molar-refractivity contribution in [2.45, 2.75) is 6.92 Å². The van der Waals surface area contributed by atoms with E-state index in [1.54, 1.807) is 25.1 Å². The second kappa shape index (κ2) is 5.78. The van der Waals surface area contributed by atoms with E-state index in [2.05, 4.69) is 5.32 Å². The number of amides is 1. The highest BCUT2D eigenvalue weighted by molar-refractivity contribution is 7.18. The zero-order valence-corrected chi connectivity index (χ0v) is 12.5. The van der Waals surface area contributed by atoms with Crippen LogP contribution in [0.2, 0.25) is 9.36 Å². The van der Waals surface area contributed by atoms with Gasteiger partial charge in [0.25, 0.3) is 11.6 Å². The topological polar surface area (TPSA) is 72.2 Å². The smallest absolute Gasteiger partial charge is 0.299 e. The Labute approximate surface area is 128 Å². The van der Waals surface area contributed by atoms with Gasteiger partial charge >= 0.3 is 0 Å². The molecule has 0 saturated carbocycles. The van der Waals surface area contributed by atoms with Crippen molar-refractivity contribution in [2.75, 3.05) is 5.32 Å². The Balaban J connectivity index is 2.24. The van der Waals surface area contributed by atoms with Gasteiger partial charge in [0, 0.05) is 16.8 Å². The summed E-state index contributed by atoms with van der Waals surface area (Å²) < 4.78 is -0.0204. The van der Waals surface area contributed by atoms with Crippen molar-refractivity contribution in [3.8, 4) is 0 Å². The lowest BCUT2D eigenvalue weighted by molar-refractivity contribution is -0.384. The van der Waals surface area contributed by atoms with Crippen molar-refractivity contribution in [3.63, 3.8) is 0 Å². The van der Waals surface area contributed by atoms with Crippen LogP contribution in [0.5, 0.6) is 0 Å². The zero-order valence-electron chi connectivity index (χ0n) is 10.1. The Morgan fingerprint density at radius 3 is 2.60 bits per heavy atom. The number of nitrogens with zero attached hydrogens (tertiary/aromatic N) is 1. The van der Waals surface area contributed by atoms with E-state index >= 15 is 0 Å². The average Bonchev–Trinajstić information content (AvgIpc) is 2.75. The van der Waals surface area contributed by atoms with Crippen molar-refractivity contribution in [1.29, 1.82) is 0 Å². The molecule has 0 atom stereocenters. The molecule has 0 bridgehead atoms. The van der Waals surface area contributed by atoms with E-state index in [1.165, 1.54) is 0 Å². The normalized spacial score (nSPS) is 10.3. The number of hydrogen-bond donors (Lipinski definition) is 1. The molecule has 1 amide bonds. The number of anilines is 1. The molecular weight excluding hydrogens is 323 g/mol. The van der Waals surface area contributed by atoms with Crippen LogP contribution < -0.4 is 5.32 Å². The SMILES string of the molecule is Cc1cc(Cl)ccc1NC(=O)c1cc([N+](=O)[O-])c(Cl)s1. The van der Waals surface area contributed by atoms with Gasteiger partial charge in [0.15, 0.2) is 4.34 Å². The Morgan fingerprint density at radius 2 is 2.05 bits per heavy atom. The Bertz CT molecular complexity index is 700. The molecule has 0 aliphatic heterocycles. The highest BCUT2D eigenvalue weighted by Gasteiger charge is 2.21. The molecule has 2 rings (SSSR count). The lowest BCUT2D eigenvalue weighted by atomic mass is 10.2. The summed E-state index contributed by atoms with van der Waals surface area (Å²) in [6.45, 7) is 1.80. The second-order valence-electron chi connectivity index (χ2n) is 3.94. The predicted octanol–water partition coefficient (Wildman–Crippen LogP) is 4.52. The first kappa shape index (κ1) is 14.8. The number of carbonyl (C=O) groups excluding carboxylic acids is 1. The maximum absolute atomic E-state index is 12.0. The summed E-state index contributed by atoms with van der Waals surface area (Å²) in [5.74, 6) is -0.449. The summed E-state index contributed by atoms with van der Waals surface area (Å²) in [6, 6.07) is 6.18. The van der Waals surface area contributed by atoms with Gasteiger partial charge in [-0.3, -0.25) is 14.9 Å². The van der Waals surface area contributed by atoms with Gasteiger partial charge in [-0.25, -0.2) is 0 Å². The first-order valence-corrected chi connectivity index (χ1v) is 6.97. The van der Waals surface area contributed by atoms with Gasteiger partial charge in [0.2, 0.25) is 0 Å². The molecule has 2 aromatic rings. The number of thiophene rings is 1. The van der Waals surface area contributed by atoms with E-state index in [4.69, 9.17) is 23.2 Å². The first-order chi connectivity index (χ1) is 9.38. The molecule has 1 heterocycles. The van der Waals surface area contributed by atoms with Gasteiger partial charge in [-0.1, -0.05) is 23.2 Å². The number of benzene rings is 1. The zero-order chi connectivity index (χ0) is 14.9. The van der Waals surface area contributed by atoms with E-state index in [1.807, 2.05) is 0 Å². The van der Waals surface area contributed by atoms with Crippen molar-refractivity contribution >= 4 is 51.8 Å². The molecular formula is C12H8Cl2N2O3S. The van der Waals surface area contributed by atoms with Gasteiger partial charge < -0.3 is 5.32 Å². The van der Waals surface area contributed by atoms with E-state index in [-0.39, 0.29) is 14.9 Å². The van der Waals surface area contributed by atoms with E-state index in [9.17, 15) is 14.9 Å². The molecule has 0 unspecified atom stereocenters.